The number of ether oxygens (including phenoxy) is 1. The molecule has 0 aromatic heterocycles. The van der Waals surface area contributed by atoms with Gasteiger partial charge in [0.25, 0.3) is 11.6 Å². The molecular formula is C14H21N3O4. The largest absolute Gasteiger partial charge is 0.496 e. The van der Waals surface area contributed by atoms with Crippen LogP contribution in [0.25, 0.3) is 0 Å². The zero-order chi connectivity index (χ0) is 15.8. The highest BCUT2D eigenvalue weighted by Gasteiger charge is 2.19. The number of amides is 1. The Morgan fingerprint density at radius 1 is 1.52 bits per heavy atom. The third-order valence-corrected chi connectivity index (χ3v) is 3.16. The molecule has 1 rings (SSSR count). The van der Waals surface area contributed by atoms with Gasteiger partial charge < -0.3 is 15.8 Å². The number of nitrogens with one attached hydrogen (secondary N) is 1. The Morgan fingerprint density at radius 3 is 2.76 bits per heavy atom. The fourth-order valence-corrected chi connectivity index (χ4v) is 1.95. The van der Waals surface area contributed by atoms with Crippen molar-refractivity contribution in [3.8, 4) is 5.75 Å². The first kappa shape index (κ1) is 16.9. The Labute approximate surface area is 123 Å². The number of carbonyl (C=O) groups is 1. The van der Waals surface area contributed by atoms with Crippen LogP contribution in [0.4, 0.5) is 5.69 Å². The molecule has 0 radical (unpaired) electrons. The SMILES string of the molecule is CCCCC(CN)NC(=O)c1cc([N+](=O)[O-])ccc1OC. The summed E-state index contributed by atoms with van der Waals surface area (Å²) >= 11 is 0. The van der Waals surface area contributed by atoms with Crippen molar-refractivity contribution in [3.63, 3.8) is 0 Å². The van der Waals surface area contributed by atoms with E-state index in [4.69, 9.17) is 10.5 Å². The lowest BCUT2D eigenvalue weighted by Gasteiger charge is -2.17. The smallest absolute Gasteiger partial charge is 0.270 e. The molecular weight excluding hydrogens is 274 g/mol. The van der Waals surface area contributed by atoms with E-state index in [-0.39, 0.29) is 17.3 Å². The predicted molar refractivity (Wildman–Crippen MR) is 79.5 cm³/mol. The molecule has 1 amide bonds. The number of non-ortho nitro benzene ring substituents is 1. The van der Waals surface area contributed by atoms with Crippen molar-refractivity contribution in [1.82, 2.24) is 5.32 Å². The molecule has 0 aliphatic carbocycles. The van der Waals surface area contributed by atoms with E-state index in [2.05, 4.69) is 12.2 Å². The van der Waals surface area contributed by atoms with Crippen molar-refractivity contribution in [2.45, 2.75) is 32.2 Å². The summed E-state index contributed by atoms with van der Waals surface area (Å²) in [5.74, 6) is -0.119. The molecule has 0 fully saturated rings. The first-order valence-corrected chi connectivity index (χ1v) is 6.86. The van der Waals surface area contributed by atoms with E-state index in [9.17, 15) is 14.9 Å². The molecule has 0 saturated heterocycles. The molecule has 0 saturated carbocycles. The first-order chi connectivity index (χ1) is 10.0. The minimum Gasteiger partial charge on any atom is -0.496 e. The normalized spacial score (nSPS) is 11.8. The van der Waals surface area contributed by atoms with Gasteiger partial charge in [-0.3, -0.25) is 14.9 Å². The molecule has 1 aromatic carbocycles. The Morgan fingerprint density at radius 2 is 2.24 bits per heavy atom. The fourth-order valence-electron chi connectivity index (χ4n) is 1.95. The first-order valence-electron chi connectivity index (χ1n) is 6.86. The number of methoxy groups -OCH3 is 1. The number of nitrogens with zero attached hydrogens (tertiary/aromatic N) is 1. The maximum absolute atomic E-state index is 12.3. The molecule has 0 heterocycles. The van der Waals surface area contributed by atoms with Crippen molar-refractivity contribution < 1.29 is 14.5 Å². The Balaban J connectivity index is 2.93. The van der Waals surface area contributed by atoms with Gasteiger partial charge in [-0.15, -0.1) is 0 Å². The third kappa shape index (κ3) is 4.71. The molecule has 7 heteroatoms. The second kappa shape index (κ2) is 8.21. The summed E-state index contributed by atoms with van der Waals surface area (Å²) in [7, 11) is 1.41. The zero-order valence-electron chi connectivity index (χ0n) is 12.3. The molecule has 1 aromatic rings. The monoisotopic (exact) mass is 295 g/mol. The van der Waals surface area contributed by atoms with Gasteiger partial charge >= 0.3 is 0 Å². The van der Waals surface area contributed by atoms with E-state index >= 15 is 0 Å². The number of rotatable bonds is 8. The molecule has 1 unspecified atom stereocenters. The van der Waals surface area contributed by atoms with E-state index in [1.54, 1.807) is 0 Å². The second-order valence-electron chi connectivity index (χ2n) is 4.69. The fraction of sp³-hybridized carbons (Fsp3) is 0.500. The Bertz CT molecular complexity index is 505. The van der Waals surface area contributed by atoms with E-state index in [1.165, 1.54) is 25.3 Å². The highest BCUT2D eigenvalue weighted by molar-refractivity contribution is 5.97. The number of carbonyl (C=O) groups excluding carboxylic acids is 1. The predicted octanol–water partition coefficient (Wildman–Crippen LogP) is 1.85. The average Bonchev–Trinajstić information content (AvgIpc) is 2.50. The van der Waals surface area contributed by atoms with Gasteiger partial charge in [0.15, 0.2) is 0 Å². The number of nitrogens with two attached hydrogens (primary N) is 1. The van der Waals surface area contributed by atoms with Crippen LogP contribution in [0.15, 0.2) is 18.2 Å². The van der Waals surface area contributed by atoms with Crippen molar-refractivity contribution in [1.29, 1.82) is 0 Å². The number of hydrogen-bond donors (Lipinski definition) is 2. The van der Waals surface area contributed by atoms with Crippen LogP contribution < -0.4 is 15.8 Å². The lowest BCUT2D eigenvalue weighted by atomic mass is 10.1. The van der Waals surface area contributed by atoms with Gasteiger partial charge in [-0.2, -0.15) is 0 Å². The topological polar surface area (TPSA) is 107 Å². The van der Waals surface area contributed by atoms with Gasteiger partial charge in [-0.1, -0.05) is 19.8 Å². The third-order valence-electron chi connectivity index (χ3n) is 3.16. The van der Waals surface area contributed by atoms with E-state index in [0.29, 0.717) is 12.3 Å². The number of hydrogen-bond acceptors (Lipinski definition) is 5. The van der Waals surface area contributed by atoms with Crippen LogP contribution >= 0.6 is 0 Å². The summed E-state index contributed by atoms with van der Waals surface area (Å²) in [6, 6.07) is 3.77. The maximum atomic E-state index is 12.3. The quantitative estimate of drug-likeness (QED) is 0.562. The summed E-state index contributed by atoms with van der Waals surface area (Å²) in [4.78, 5) is 22.5. The standard InChI is InChI=1S/C14H21N3O4/c1-3-4-5-10(9-15)16-14(18)12-8-11(17(19)20)6-7-13(12)21-2/h6-8,10H,3-5,9,15H2,1-2H3,(H,16,18). The van der Waals surface area contributed by atoms with Crippen LogP contribution in [0, 0.1) is 10.1 Å². The summed E-state index contributed by atoms with van der Waals surface area (Å²) in [5, 5.41) is 13.6. The van der Waals surface area contributed by atoms with Crippen LogP contribution in [0.3, 0.4) is 0 Å². The number of benzene rings is 1. The Hall–Kier alpha value is -2.15. The van der Waals surface area contributed by atoms with Gasteiger partial charge in [0.05, 0.1) is 17.6 Å². The van der Waals surface area contributed by atoms with Crippen LogP contribution in [-0.2, 0) is 0 Å². The van der Waals surface area contributed by atoms with Crippen molar-refractivity contribution >= 4 is 11.6 Å². The number of nitro benzene ring substituents is 1. The van der Waals surface area contributed by atoms with E-state index in [0.717, 1.165) is 19.3 Å². The van der Waals surface area contributed by atoms with Crippen molar-refractivity contribution in [2.24, 2.45) is 5.73 Å². The van der Waals surface area contributed by atoms with Crippen LogP contribution in [-0.4, -0.2) is 30.5 Å². The zero-order valence-corrected chi connectivity index (χ0v) is 12.3. The molecule has 3 N–H and O–H groups in total. The molecule has 7 nitrogen and oxygen atoms in total. The maximum Gasteiger partial charge on any atom is 0.270 e. The van der Waals surface area contributed by atoms with Crippen LogP contribution in [0.1, 0.15) is 36.5 Å². The number of nitro groups is 1. The summed E-state index contributed by atoms with van der Waals surface area (Å²) in [6.07, 6.45) is 2.73. The van der Waals surface area contributed by atoms with Crippen LogP contribution in [0.5, 0.6) is 5.75 Å². The van der Waals surface area contributed by atoms with Gasteiger partial charge in [0.2, 0.25) is 0 Å². The minimum absolute atomic E-state index is 0.140. The van der Waals surface area contributed by atoms with Crippen molar-refractivity contribution in [2.75, 3.05) is 13.7 Å². The summed E-state index contributed by atoms with van der Waals surface area (Å²) in [5.41, 5.74) is 5.62. The van der Waals surface area contributed by atoms with Gasteiger partial charge in [-0.05, 0) is 12.5 Å². The molecule has 1 atom stereocenters. The van der Waals surface area contributed by atoms with Crippen LogP contribution in [0.2, 0.25) is 0 Å². The van der Waals surface area contributed by atoms with E-state index in [1.807, 2.05) is 0 Å². The number of unbranched alkanes of at least 4 members (excludes halogenated alkanes) is 1. The molecule has 116 valence electrons. The highest BCUT2D eigenvalue weighted by atomic mass is 16.6. The van der Waals surface area contributed by atoms with E-state index < -0.39 is 10.8 Å². The van der Waals surface area contributed by atoms with Gasteiger partial charge in [0.1, 0.15) is 5.75 Å². The second-order valence-corrected chi connectivity index (χ2v) is 4.69. The highest BCUT2D eigenvalue weighted by Crippen LogP contribution is 2.24. The lowest BCUT2D eigenvalue weighted by molar-refractivity contribution is -0.384. The lowest BCUT2D eigenvalue weighted by Crippen LogP contribution is -2.40. The molecule has 0 bridgehead atoms. The average molecular weight is 295 g/mol. The minimum atomic E-state index is -0.548. The molecule has 0 aliphatic rings. The van der Waals surface area contributed by atoms with Crippen molar-refractivity contribution in [3.05, 3.63) is 33.9 Å². The van der Waals surface area contributed by atoms with Gasteiger partial charge in [0, 0.05) is 24.7 Å². The summed E-state index contributed by atoms with van der Waals surface area (Å²) < 4.78 is 5.08. The summed E-state index contributed by atoms with van der Waals surface area (Å²) in [6.45, 7) is 2.38. The van der Waals surface area contributed by atoms with Gasteiger partial charge in [-0.25, -0.2) is 0 Å². The Kier molecular flexibility index (Phi) is 6.61. The molecule has 0 aliphatic heterocycles. The molecule has 21 heavy (non-hydrogen) atoms. The molecule has 0 spiro atoms.